The van der Waals surface area contributed by atoms with Crippen LogP contribution in [0.15, 0.2) is 35.2 Å². The minimum atomic E-state index is -3.50. The fourth-order valence-corrected chi connectivity index (χ4v) is 6.33. The number of pyridine rings is 1. The van der Waals surface area contributed by atoms with Gasteiger partial charge in [0.25, 0.3) is 0 Å². The summed E-state index contributed by atoms with van der Waals surface area (Å²) in [5.74, 6) is 0.710. The molecule has 4 rings (SSSR count). The van der Waals surface area contributed by atoms with Crippen molar-refractivity contribution in [3.8, 4) is 0 Å². The second-order valence-corrected chi connectivity index (χ2v) is 10.4. The Balaban J connectivity index is 1.51. The number of aromatic nitrogens is 1. The molecule has 3 heterocycles. The lowest BCUT2D eigenvalue weighted by atomic mass is 9.97. The Labute approximate surface area is 184 Å². The molecule has 0 amide bonds. The molecule has 0 aliphatic carbocycles. The first-order valence-corrected chi connectivity index (χ1v) is 12.7. The van der Waals surface area contributed by atoms with Gasteiger partial charge in [0.05, 0.1) is 22.9 Å². The summed E-state index contributed by atoms with van der Waals surface area (Å²) in [4.78, 5) is 19.2. The summed E-state index contributed by atoms with van der Waals surface area (Å²) in [6.45, 7) is 6.31. The van der Waals surface area contributed by atoms with E-state index in [4.69, 9.17) is 9.72 Å². The van der Waals surface area contributed by atoms with E-state index in [1.54, 1.807) is 22.5 Å². The van der Waals surface area contributed by atoms with Crippen LogP contribution in [-0.2, 0) is 19.6 Å². The van der Waals surface area contributed by atoms with Gasteiger partial charge in [-0.3, -0.25) is 4.79 Å². The molecule has 0 saturated carbocycles. The fraction of sp³-hybridized carbons (Fsp3) is 0.565. The standard InChI is InChI=1S/C23H31N3O4S/c1-3-30-23(27)18-11-14-25(15-12-18)22-10-7-19-16-20(8-9-21(19)24-22)31(28,29)26-13-5-4-6-17(26)2/h7-10,16-18H,3-6,11-15H2,1-2H3/t17-/m1/s1. The van der Waals surface area contributed by atoms with Crippen LogP contribution in [0, 0.1) is 5.92 Å². The van der Waals surface area contributed by atoms with Gasteiger partial charge in [-0.15, -0.1) is 0 Å². The minimum Gasteiger partial charge on any atom is -0.466 e. The molecule has 31 heavy (non-hydrogen) atoms. The van der Waals surface area contributed by atoms with Crippen LogP contribution in [0.4, 0.5) is 5.82 Å². The van der Waals surface area contributed by atoms with Gasteiger partial charge >= 0.3 is 5.97 Å². The summed E-state index contributed by atoms with van der Waals surface area (Å²) in [6, 6.07) is 9.11. The van der Waals surface area contributed by atoms with Crippen LogP contribution in [0.2, 0.25) is 0 Å². The lowest BCUT2D eigenvalue weighted by Crippen LogP contribution is -2.41. The number of nitrogens with zero attached hydrogens (tertiary/aromatic N) is 3. The molecule has 8 heteroatoms. The largest absolute Gasteiger partial charge is 0.466 e. The van der Waals surface area contributed by atoms with E-state index in [0.717, 1.165) is 61.9 Å². The number of carbonyl (C=O) groups is 1. The minimum absolute atomic E-state index is 0.0347. The van der Waals surface area contributed by atoms with Gasteiger partial charge in [-0.05, 0) is 69.9 Å². The first-order valence-electron chi connectivity index (χ1n) is 11.2. The van der Waals surface area contributed by atoms with Crippen molar-refractivity contribution in [1.29, 1.82) is 0 Å². The lowest BCUT2D eigenvalue weighted by molar-refractivity contribution is -0.148. The van der Waals surface area contributed by atoms with Crippen molar-refractivity contribution < 1.29 is 17.9 Å². The Morgan fingerprint density at radius 3 is 2.58 bits per heavy atom. The van der Waals surface area contributed by atoms with E-state index < -0.39 is 10.0 Å². The second kappa shape index (κ2) is 9.12. The van der Waals surface area contributed by atoms with Crippen molar-refractivity contribution in [2.75, 3.05) is 31.1 Å². The van der Waals surface area contributed by atoms with E-state index in [-0.39, 0.29) is 17.9 Å². The van der Waals surface area contributed by atoms with Crippen molar-refractivity contribution >= 4 is 32.7 Å². The second-order valence-electron chi connectivity index (χ2n) is 8.50. The Kier molecular flexibility index (Phi) is 6.48. The topological polar surface area (TPSA) is 79.8 Å². The summed E-state index contributed by atoms with van der Waals surface area (Å²) in [7, 11) is -3.50. The van der Waals surface area contributed by atoms with Crippen LogP contribution < -0.4 is 4.90 Å². The molecule has 2 saturated heterocycles. The molecule has 0 unspecified atom stereocenters. The Morgan fingerprint density at radius 2 is 1.87 bits per heavy atom. The summed E-state index contributed by atoms with van der Waals surface area (Å²) >= 11 is 0. The van der Waals surface area contributed by atoms with Crippen LogP contribution >= 0.6 is 0 Å². The van der Waals surface area contributed by atoms with Gasteiger partial charge < -0.3 is 9.64 Å². The number of rotatable bonds is 5. The number of piperidine rings is 2. The zero-order valence-corrected chi connectivity index (χ0v) is 19.1. The van der Waals surface area contributed by atoms with E-state index >= 15 is 0 Å². The average molecular weight is 446 g/mol. The summed E-state index contributed by atoms with van der Waals surface area (Å²) in [6.07, 6.45) is 4.40. The first-order chi connectivity index (χ1) is 14.9. The maximum atomic E-state index is 13.1. The number of anilines is 1. The van der Waals surface area contributed by atoms with Gasteiger partial charge in [-0.1, -0.05) is 6.42 Å². The van der Waals surface area contributed by atoms with Crippen molar-refractivity contribution in [1.82, 2.24) is 9.29 Å². The van der Waals surface area contributed by atoms with Gasteiger partial charge in [-0.25, -0.2) is 13.4 Å². The smallest absolute Gasteiger partial charge is 0.309 e. The maximum Gasteiger partial charge on any atom is 0.309 e. The number of carbonyl (C=O) groups excluding carboxylic acids is 1. The first kappa shape index (κ1) is 22.0. The zero-order valence-electron chi connectivity index (χ0n) is 18.3. The Morgan fingerprint density at radius 1 is 1.10 bits per heavy atom. The monoisotopic (exact) mass is 445 g/mol. The third-order valence-electron chi connectivity index (χ3n) is 6.43. The van der Waals surface area contributed by atoms with Crippen molar-refractivity contribution in [2.45, 2.75) is 56.9 Å². The predicted molar refractivity (Wildman–Crippen MR) is 121 cm³/mol. The van der Waals surface area contributed by atoms with E-state index in [2.05, 4.69) is 4.90 Å². The molecule has 0 radical (unpaired) electrons. The number of hydrogen-bond donors (Lipinski definition) is 0. The van der Waals surface area contributed by atoms with E-state index in [9.17, 15) is 13.2 Å². The fourth-order valence-electron chi connectivity index (χ4n) is 4.60. The highest BCUT2D eigenvalue weighted by molar-refractivity contribution is 7.89. The molecule has 0 N–H and O–H groups in total. The number of fused-ring (bicyclic) bond motifs is 1. The number of ether oxygens (including phenoxy) is 1. The van der Waals surface area contributed by atoms with Gasteiger partial charge in [0.15, 0.2) is 0 Å². The van der Waals surface area contributed by atoms with E-state index in [1.165, 1.54) is 0 Å². The molecule has 168 valence electrons. The molecule has 7 nitrogen and oxygen atoms in total. The van der Waals surface area contributed by atoms with Crippen LogP contribution in [0.1, 0.15) is 46.0 Å². The maximum absolute atomic E-state index is 13.1. The highest BCUT2D eigenvalue weighted by Crippen LogP contribution is 2.29. The van der Waals surface area contributed by atoms with Gasteiger partial charge in [0, 0.05) is 31.1 Å². The average Bonchev–Trinajstić information content (AvgIpc) is 2.79. The summed E-state index contributed by atoms with van der Waals surface area (Å²) in [5, 5.41) is 0.816. The molecule has 0 spiro atoms. The molecular weight excluding hydrogens is 414 g/mol. The van der Waals surface area contributed by atoms with Crippen LogP contribution in [0.25, 0.3) is 10.9 Å². The number of benzene rings is 1. The lowest BCUT2D eigenvalue weighted by Gasteiger charge is -2.32. The molecule has 1 aromatic heterocycles. The molecule has 0 bridgehead atoms. The molecular formula is C23H31N3O4S. The highest BCUT2D eigenvalue weighted by Gasteiger charge is 2.31. The molecule has 2 aromatic rings. The van der Waals surface area contributed by atoms with Crippen molar-refractivity contribution in [3.63, 3.8) is 0 Å². The normalized spacial score (nSPS) is 21.4. The Bertz CT molecular complexity index is 1050. The van der Waals surface area contributed by atoms with E-state index in [1.807, 2.05) is 26.0 Å². The molecule has 2 aliphatic rings. The number of hydrogen-bond acceptors (Lipinski definition) is 6. The van der Waals surface area contributed by atoms with Crippen molar-refractivity contribution in [2.24, 2.45) is 5.92 Å². The van der Waals surface area contributed by atoms with Gasteiger partial charge in [-0.2, -0.15) is 4.31 Å². The van der Waals surface area contributed by atoms with Gasteiger partial charge in [0.2, 0.25) is 10.0 Å². The highest BCUT2D eigenvalue weighted by atomic mass is 32.2. The molecule has 1 atom stereocenters. The Hall–Kier alpha value is -2.19. The molecule has 2 aliphatic heterocycles. The molecule has 1 aromatic carbocycles. The zero-order chi connectivity index (χ0) is 22.0. The van der Waals surface area contributed by atoms with Crippen LogP contribution in [0.3, 0.4) is 0 Å². The number of esters is 1. The third kappa shape index (κ3) is 4.55. The van der Waals surface area contributed by atoms with E-state index in [0.29, 0.717) is 18.0 Å². The third-order valence-corrected chi connectivity index (χ3v) is 8.44. The molecule has 2 fully saturated rings. The number of sulfonamides is 1. The van der Waals surface area contributed by atoms with Crippen LogP contribution in [-0.4, -0.2) is 56.0 Å². The predicted octanol–water partition coefficient (Wildman–Crippen LogP) is 3.58. The quantitative estimate of drug-likeness (QED) is 0.655. The summed E-state index contributed by atoms with van der Waals surface area (Å²) < 4.78 is 33.1. The van der Waals surface area contributed by atoms with Crippen molar-refractivity contribution in [3.05, 3.63) is 30.3 Å². The van der Waals surface area contributed by atoms with Crippen LogP contribution in [0.5, 0.6) is 0 Å². The summed E-state index contributed by atoms with van der Waals surface area (Å²) in [5.41, 5.74) is 0.774. The van der Waals surface area contributed by atoms with Gasteiger partial charge in [0.1, 0.15) is 5.82 Å². The SMILES string of the molecule is CCOC(=O)C1CCN(c2ccc3cc(S(=O)(=O)N4CCCC[C@H]4C)ccc3n2)CC1.